The largest absolute Gasteiger partial charge is 0.397 e. The van der Waals surface area contributed by atoms with E-state index < -0.39 is 5.82 Å². The number of aromatic nitrogens is 1. The minimum absolute atomic E-state index is 0.236. The summed E-state index contributed by atoms with van der Waals surface area (Å²) in [4.78, 5) is 3.88. The number of pyridine rings is 1. The molecule has 0 aliphatic rings. The molecule has 0 bridgehead atoms. The van der Waals surface area contributed by atoms with Gasteiger partial charge in [0.25, 0.3) is 0 Å². The topological polar surface area (TPSA) is 62.7 Å². The third kappa shape index (κ3) is 2.80. The first-order valence-corrected chi connectivity index (χ1v) is 6.18. The van der Waals surface area contributed by atoms with E-state index in [1.54, 1.807) is 36.7 Å². The van der Waals surface area contributed by atoms with Crippen molar-refractivity contribution in [2.45, 2.75) is 0 Å². The Balaban J connectivity index is 2.56. The summed E-state index contributed by atoms with van der Waals surface area (Å²) in [6.45, 7) is 0. The highest BCUT2D eigenvalue weighted by Crippen LogP contribution is 2.24. The Morgan fingerprint density at radius 1 is 1.21 bits per heavy atom. The van der Waals surface area contributed by atoms with E-state index in [0.29, 0.717) is 21.2 Å². The summed E-state index contributed by atoms with van der Waals surface area (Å²) < 4.78 is 13.8. The molecule has 0 amide bonds. The second-order valence-electron chi connectivity index (χ2n) is 3.77. The molecule has 2 rings (SSSR count). The zero-order chi connectivity index (χ0) is 13.8. The Hall–Kier alpha value is -2.19. The first-order valence-electron chi connectivity index (χ1n) is 5.39. The molecule has 1 heterocycles. The molecule has 2 aromatic rings. The second kappa shape index (κ2) is 5.63. The normalized spacial score (nSPS) is 11.6. The number of allylic oxidation sites excluding steroid dienone is 1. The number of nitrogens with zero attached hydrogens (tertiary/aromatic N) is 2. The molecular formula is C14H9BrFN3. The van der Waals surface area contributed by atoms with Gasteiger partial charge in [-0.25, -0.2) is 4.39 Å². The molecule has 0 fully saturated rings. The summed E-state index contributed by atoms with van der Waals surface area (Å²) in [5.41, 5.74) is 7.61. The first kappa shape index (κ1) is 13.2. The van der Waals surface area contributed by atoms with E-state index in [1.807, 2.05) is 6.07 Å². The predicted molar refractivity (Wildman–Crippen MR) is 75.0 cm³/mol. The van der Waals surface area contributed by atoms with Crippen LogP contribution in [0, 0.1) is 17.1 Å². The van der Waals surface area contributed by atoms with E-state index >= 15 is 0 Å². The fourth-order valence-electron chi connectivity index (χ4n) is 1.61. The van der Waals surface area contributed by atoms with Gasteiger partial charge < -0.3 is 5.73 Å². The number of halogens is 2. The lowest BCUT2D eigenvalue weighted by Crippen LogP contribution is -2.01. The van der Waals surface area contributed by atoms with E-state index in [2.05, 4.69) is 20.9 Å². The van der Waals surface area contributed by atoms with E-state index in [9.17, 15) is 9.65 Å². The summed E-state index contributed by atoms with van der Waals surface area (Å²) in [6.07, 6.45) is 3.14. The number of nitriles is 1. The van der Waals surface area contributed by atoms with Crippen molar-refractivity contribution in [3.63, 3.8) is 0 Å². The third-order valence-electron chi connectivity index (χ3n) is 2.58. The SMILES string of the molecule is N#C/C(=C(/N)c1ccc(Br)c(F)c1)c1ccncc1. The average molecular weight is 318 g/mol. The van der Waals surface area contributed by atoms with Crippen molar-refractivity contribution in [2.24, 2.45) is 5.73 Å². The molecule has 0 aliphatic heterocycles. The van der Waals surface area contributed by atoms with E-state index in [4.69, 9.17) is 5.73 Å². The van der Waals surface area contributed by atoms with Gasteiger partial charge in [0.1, 0.15) is 11.9 Å². The molecule has 94 valence electrons. The molecule has 1 aromatic carbocycles. The maximum Gasteiger partial charge on any atom is 0.138 e. The van der Waals surface area contributed by atoms with Crippen LogP contribution in [0.5, 0.6) is 0 Å². The van der Waals surface area contributed by atoms with Crippen LogP contribution in [-0.2, 0) is 0 Å². The Labute approximate surface area is 118 Å². The van der Waals surface area contributed by atoms with Gasteiger partial charge in [0.05, 0.1) is 15.7 Å². The number of benzene rings is 1. The highest BCUT2D eigenvalue weighted by Gasteiger charge is 2.10. The standard InChI is InChI=1S/C14H9BrFN3/c15-12-2-1-10(7-13(12)16)14(18)11(8-17)9-3-5-19-6-4-9/h1-7H,18H2/b14-11-. The van der Waals surface area contributed by atoms with Gasteiger partial charge in [0, 0.05) is 18.0 Å². The first-order chi connectivity index (χ1) is 9.13. The van der Waals surface area contributed by atoms with E-state index in [-0.39, 0.29) is 5.70 Å². The Morgan fingerprint density at radius 2 is 1.89 bits per heavy atom. The molecule has 3 nitrogen and oxygen atoms in total. The van der Waals surface area contributed by atoms with Gasteiger partial charge in [-0.3, -0.25) is 4.98 Å². The summed E-state index contributed by atoms with van der Waals surface area (Å²) in [5.74, 6) is -0.424. The number of rotatable bonds is 2. The van der Waals surface area contributed by atoms with Gasteiger partial charge in [-0.15, -0.1) is 0 Å². The van der Waals surface area contributed by atoms with Gasteiger partial charge in [0.2, 0.25) is 0 Å². The molecule has 2 N–H and O–H groups in total. The van der Waals surface area contributed by atoms with E-state index in [1.165, 1.54) is 6.07 Å². The molecule has 0 spiro atoms. The van der Waals surface area contributed by atoms with E-state index in [0.717, 1.165) is 0 Å². The van der Waals surface area contributed by atoms with Gasteiger partial charge in [-0.05, 0) is 45.8 Å². The lowest BCUT2D eigenvalue weighted by Gasteiger charge is -2.07. The lowest BCUT2D eigenvalue weighted by atomic mass is 10.0. The molecule has 5 heteroatoms. The summed E-state index contributed by atoms with van der Waals surface area (Å²) >= 11 is 3.07. The van der Waals surface area contributed by atoms with Crippen LogP contribution in [-0.4, -0.2) is 4.98 Å². The fraction of sp³-hybridized carbons (Fsp3) is 0. The van der Waals surface area contributed by atoms with Crippen LogP contribution >= 0.6 is 15.9 Å². The van der Waals surface area contributed by atoms with Crippen LogP contribution in [0.25, 0.3) is 11.3 Å². The summed E-state index contributed by atoms with van der Waals surface area (Å²) in [6, 6.07) is 9.90. The quantitative estimate of drug-likeness (QED) is 0.864. The smallest absolute Gasteiger partial charge is 0.138 e. The van der Waals surface area contributed by atoms with Crippen molar-refractivity contribution in [1.82, 2.24) is 4.98 Å². The van der Waals surface area contributed by atoms with Gasteiger partial charge in [-0.2, -0.15) is 5.26 Å². The maximum atomic E-state index is 13.5. The number of hydrogen-bond donors (Lipinski definition) is 1. The van der Waals surface area contributed by atoms with Crippen LogP contribution in [0.1, 0.15) is 11.1 Å². The predicted octanol–water partition coefficient (Wildman–Crippen LogP) is 3.33. The highest BCUT2D eigenvalue weighted by molar-refractivity contribution is 9.10. The van der Waals surface area contributed by atoms with Crippen LogP contribution in [0.2, 0.25) is 0 Å². The lowest BCUT2D eigenvalue weighted by molar-refractivity contribution is 0.620. The minimum atomic E-state index is -0.424. The Bertz CT molecular complexity index is 675. The third-order valence-corrected chi connectivity index (χ3v) is 3.22. The zero-order valence-electron chi connectivity index (χ0n) is 9.77. The summed E-state index contributed by atoms with van der Waals surface area (Å²) in [7, 11) is 0. The molecule has 0 radical (unpaired) electrons. The number of hydrogen-bond acceptors (Lipinski definition) is 3. The molecule has 0 aliphatic carbocycles. The van der Waals surface area contributed by atoms with Crippen molar-refractivity contribution in [1.29, 1.82) is 5.26 Å². The van der Waals surface area contributed by atoms with Crippen molar-refractivity contribution >= 4 is 27.2 Å². The van der Waals surface area contributed by atoms with Crippen molar-refractivity contribution in [3.8, 4) is 6.07 Å². The average Bonchev–Trinajstić information content (AvgIpc) is 2.44. The van der Waals surface area contributed by atoms with Crippen molar-refractivity contribution < 1.29 is 4.39 Å². The van der Waals surface area contributed by atoms with Gasteiger partial charge in [0.15, 0.2) is 0 Å². The molecule has 0 atom stereocenters. The molecule has 19 heavy (non-hydrogen) atoms. The Kier molecular flexibility index (Phi) is 3.93. The fourth-order valence-corrected chi connectivity index (χ4v) is 1.85. The highest BCUT2D eigenvalue weighted by atomic mass is 79.9. The number of nitrogens with two attached hydrogens (primary N) is 1. The molecular weight excluding hydrogens is 309 g/mol. The summed E-state index contributed by atoms with van der Waals surface area (Å²) in [5, 5.41) is 9.22. The van der Waals surface area contributed by atoms with Crippen molar-refractivity contribution in [2.75, 3.05) is 0 Å². The molecule has 0 unspecified atom stereocenters. The van der Waals surface area contributed by atoms with Crippen LogP contribution in [0.4, 0.5) is 4.39 Å². The molecule has 1 aromatic heterocycles. The molecule has 0 saturated heterocycles. The second-order valence-corrected chi connectivity index (χ2v) is 4.62. The van der Waals surface area contributed by atoms with Crippen LogP contribution < -0.4 is 5.73 Å². The zero-order valence-corrected chi connectivity index (χ0v) is 11.4. The van der Waals surface area contributed by atoms with Crippen molar-refractivity contribution in [3.05, 3.63) is 64.1 Å². The van der Waals surface area contributed by atoms with Crippen LogP contribution in [0.3, 0.4) is 0 Å². The maximum absolute atomic E-state index is 13.5. The monoisotopic (exact) mass is 317 g/mol. The minimum Gasteiger partial charge on any atom is -0.397 e. The van der Waals surface area contributed by atoms with Gasteiger partial charge >= 0.3 is 0 Å². The van der Waals surface area contributed by atoms with Gasteiger partial charge in [-0.1, -0.05) is 6.07 Å². The Morgan fingerprint density at radius 3 is 2.47 bits per heavy atom. The van der Waals surface area contributed by atoms with Crippen LogP contribution in [0.15, 0.2) is 47.2 Å². The molecule has 0 saturated carbocycles.